The van der Waals surface area contributed by atoms with Gasteiger partial charge in [0.2, 0.25) is 12.3 Å². The van der Waals surface area contributed by atoms with Gasteiger partial charge in [-0.25, -0.2) is 4.79 Å². The minimum absolute atomic E-state index is 0.118. The number of rotatable bonds is 4. The van der Waals surface area contributed by atoms with Gasteiger partial charge in [0.05, 0.1) is 7.11 Å². The van der Waals surface area contributed by atoms with E-state index in [1.807, 2.05) is 0 Å². The Hall–Kier alpha value is -1.20. The van der Waals surface area contributed by atoms with Gasteiger partial charge in [-0.1, -0.05) is 12.1 Å². The third-order valence-corrected chi connectivity index (χ3v) is 1.69. The summed E-state index contributed by atoms with van der Waals surface area (Å²) in [4.78, 5) is 10.7. The Balaban J connectivity index is 2.84. The Morgan fingerprint density at radius 1 is 1.46 bits per heavy atom. The lowest BCUT2D eigenvalue weighted by atomic mass is 10.2. The maximum absolute atomic E-state index is 10.7. The summed E-state index contributed by atoms with van der Waals surface area (Å²) in [5.74, 6) is -0.742. The molecule has 1 N–H and O–H groups in total. The molecule has 0 aliphatic rings. The Bertz CT molecular complexity index is 300. The summed E-state index contributed by atoms with van der Waals surface area (Å²) in [6.45, 7) is 0. The van der Waals surface area contributed by atoms with Gasteiger partial charge in [0.1, 0.15) is 5.56 Å². The number of hydrogen-bond donors (Lipinski definition) is 1. The Morgan fingerprint density at radius 3 is 2.77 bits per heavy atom. The molecule has 0 radical (unpaired) electrons. The molecule has 1 aromatic rings. The number of carboxylic acid groups (broad SMARTS) is 1. The van der Waals surface area contributed by atoms with Crippen LogP contribution in [0.5, 0.6) is 5.75 Å². The van der Waals surface area contributed by atoms with Crippen molar-refractivity contribution in [3.8, 4) is 5.75 Å². The molecule has 0 atom stereocenters. The lowest BCUT2D eigenvalue weighted by Gasteiger charge is -2.03. The van der Waals surface area contributed by atoms with Crippen LogP contribution in [0.3, 0.4) is 0 Å². The highest BCUT2D eigenvalue weighted by Crippen LogP contribution is 2.21. The van der Waals surface area contributed by atoms with E-state index in [0.29, 0.717) is 0 Å². The summed E-state index contributed by atoms with van der Waals surface area (Å²) in [5, 5.41) is 8.73. The third kappa shape index (κ3) is 2.64. The Labute approximate surface area is 79.9 Å². The first-order chi connectivity index (χ1) is 6.25. The van der Waals surface area contributed by atoms with Crippen molar-refractivity contribution in [1.82, 2.24) is 0 Å². The van der Waals surface area contributed by atoms with Gasteiger partial charge in [-0.2, -0.15) is 0 Å². The monoisotopic (exact) mass is 200 g/mol. The maximum Gasteiger partial charge on any atom is 0.339 e. The van der Waals surface area contributed by atoms with Crippen molar-refractivity contribution >= 4 is 18.3 Å². The highest BCUT2D eigenvalue weighted by molar-refractivity contribution is 7.90. The van der Waals surface area contributed by atoms with Gasteiger partial charge >= 0.3 is 5.97 Å². The molecule has 4 nitrogen and oxygen atoms in total. The molecule has 0 amide bonds. The van der Waals surface area contributed by atoms with Crippen LogP contribution < -0.4 is 4.18 Å². The number of para-hydroxylation sites is 1. The molecule has 0 fully saturated rings. The van der Waals surface area contributed by atoms with E-state index >= 15 is 0 Å². The van der Waals surface area contributed by atoms with Crippen LogP contribution in [0.2, 0.25) is 0 Å². The number of carbonyl (C=O) groups is 1. The van der Waals surface area contributed by atoms with Crippen LogP contribution in [0.4, 0.5) is 0 Å². The van der Waals surface area contributed by atoms with Crippen molar-refractivity contribution in [2.24, 2.45) is 0 Å². The van der Waals surface area contributed by atoms with Crippen molar-refractivity contribution in [2.45, 2.75) is 0 Å². The van der Waals surface area contributed by atoms with E-state index in [0.717, 1.165) is 12.3 Å². The van der Waals surface area contributed by atoms with Gasteiger partial charge in [0.15, 0.2) is 5.75 Å². The first-order valence-corrected chi connectivity index (χ1v) is 4.12. The molecule has 0 aliphatic carbocycles. The molecular weight excluding hydrogens is 192 g/mol. The fraction of sp³-hybridized carbons (Fsp3) is 0.125. The van der Waals surface area contributed by atoms with E-state index in [1.54, 1.807) is 18.2 Å². The van der Waals surface area contributed by atoms with Crippen LogP contribution in [-0.4, -0.2) is 18.2 Å². The van der Waals surface area contributed by atoms with Crippen LogP contribution in [0.15, 0.2) is 24.3 Å². The lowest BCUT2D eigenvalue weighted by Crippen LogP contribution is -1.98. The fourth-order valence-corrected chi connectivity index (χ4v) is 1.07. The summed E-state index contributed by atoms with van der Waals surface area (Å²) in [6.07, 6.45) is 0. The van der Waals surface area contributed by atoms with Crippen molar-refractivity contribution in [2.75, 3.05) is 7.11 Å². The minimum atomic E-state index is -1.02. The molecule has 0 unspecified atom stereocenters. The van der Waals surface area contributed by atoms with Gasteiger partial charge in [0, 0.05) is 0 Å². The van der Waals surface area contributed by atoms with Crippen LogP contribution in [0, 0.1) is 0 Å². The third-order valence-electron chi connectivity index (χ3n) is 1.31. The van der Waals surface area contributed by atoms with Crippen LogP contribution in [0.1, 0.15) is 10.4 Å². The minimum Gasteiger partial charge on any atom is -0.478 e. The smallest absolute Gasteiger partial charge is 0.339 e. The van der Waals surface area contributed by atoms with E-state index < -0.39 is 5.97 Å². The SMILES string of the molecule is COSOc1ccccc1C(=O)O. The highest BCUT2D eigenvalue weighted by atomic mass is 32.2. The second-order valence-electron chi connectivity index (χ2n) is 2.12. The first kappa shape index (κ1) is 9.88. The van der Waals surface area contributed by atoms with E-state index in [4.69, 9.17) is 9.29 Å². The first-order valence-electron chi connectivity index (χ1n) is 3.45. The highest BCUT2D eigenvalue weighted by Gasteiger charge is 2.10. The molecule has 13 heavy (non-hydrogen) atoms. The average molecular weight is 200 g/mol. The number of benzene rings is 1. The number of hydrogen-bond acceptors (Lipinski definition) is 4. The molecule has 1 rings (SSSR count). The van der Waals surface area contributed by atoms with E-state index in [2.05, 4.69) is 4.18 Å². The van der Waals surface area contributed by atoms with Crippen molar-refractivity contribution in [3.63, 3.8) is 0 Å². The van der Waals surface area contributed by atoms with E-state index in [9.17, 15) is 4.79 Å². The molecule has 0 saturated carbocycles. The zero-order valence-electron chi connectivity index (χ0n) is 6.89. The second-order valence-corrected chi connectivity index (χ2v) is 2.76. The Kier molecular flexibility index (Phi) is 3.60. The predicted molar refractivity (Wildman–Crippen MR) is 48.6 cm³/mol. The molecule has 1 aromatic carbocycles. The van der Waals surface area contributed by atoms with Gasteiger partial charge in [0.25, 0.3) is 0 Å². The zero-order valence-corrected chi connectivity index (χ0v) is 7.71. The summed E-state index contributed by atoms with van der Waals surface area (Å²) in [7, 11) is 1.44. The predicted octanol–water partition coefficient (Wildman–Crippen LogP) is 1.97. The van der Waals surface area contributed by atoms with Gasteiger partial charge in [-0.3, -0.25) is 4.18 Å². The molecule has 0 saturated heterocycles. The number of aromatic carboxylic acids is 1. The topological polar surface area (TPSA) is 55.8 Å². The molecule has 0 heterocycles. The zero-order chi connectivity index (χ0) is 9.68. The molecule has 0 spiro atoms. The largest absolute Gasteiger partial charge is 0.478 e. The van der Waals surface area contributed by atoms with Gasteiger partial charge < -0.3 is 9.29 Å². The van der Waals surface area contributed by atoms with Crippen LogP contribution in [-0.2, 0) is 4.18 Å². The van der Waals surface area contributed by atoms with Crippen molar-refractivity contribution in [3.05, 3.63) is 29.8 Å². The summed E-state index contributed by atoms with van der Waals surface area (Å²) < 4.78 is 9.54. The normalized spacial score (nSPS) is 9.62. The van der Waals surface area contributed by atoms with E-state index in [1.165, 1.54) is 13.2 Å². The van der Waals surface area contributed by atoms with Gasteiger partial charge in [-0.15, -0.1) is 0 Å². The van der Waals surface area contributed by atoms with E-state index in [-0.39, 0.29) is 11.3 Å². The lowest BCUT2D eigenvalue weighted by molar-refractivity contribution is 0.0695. The standard InChI is InChI=1S/C8H8O4S/c1-11-13-12-7-5-3-2-4-6(7)8(9)10/h2-5H,1H3,(H,9,10). The van der Waals surface area contributed by atoms with Crippen molar-refractivity contribution < 1.29 is 18.3 Å². The molecule has 70 valence electrons. The van der Waals surface area contributed by atoms with Gasteiger partial charge in [-0.05, 0) is 12.1 Å². The molecule has 0 bridgehead atoms. The molecule has 0 aromatic heterocycles. The fourth-order valence-electron chi connectivity index (χ4n) is 0.787. The van der Waals surface area contributed by atoms with Crippen LogP contribution in [0.25, 0.3) is 0 Å². The molecule has 5 heteroatoms. The molecular formula is C8H8O4S. The quantitative estimate of drug-likeness (QED) is 0.753. The maximum atomic E-state index is 10.7. The van der Waals surface area contributed by atoms with Crippen LogP contribution >= 0.6 is 12.3 Å². The Morgan fingerprint density at radius 2 is 2.15 bits per heavy atom. The van der Waals surface area contributed by atoms with Crippen molar-refractivity contribution in [1.29, 1.82) is 0 Å². The summed E-state index contributed by atoms with van der Waals surface area (Å²) in [5.41, 5.74) is 0.118. The molecule has 0 aliphatic heterocycles. The second kappa shape index (κ2) is 4.74. The number of carboxylic acids is 1. The average Bonchev–Trinajstić information content (AvgIpc) is 2.15. The summed E-state index contributed by atoms with van der Waals surface area (Å²) >= 11 is 0.729. The summed E-state index contributed by atoms with van der Waals surface area (Å²) in [6, 6.07) is 6.36.